The molecule has 0 radical (unpaired) electrons. The molecule has 2 rings (SSSR count). The normalized spacial score (nSPS) is 10.9. The summed E-state index contributed by atoms with van der Waals surface area (Å²) in [5.41, 5.74) is 0.180. The average Bonchev–Trinajstić information content (AvgIpc) is 2.83. The number of carbonyl (C=O) groups is 1. The first-order valence-corrected chi connectivity index (χ1v) is 7.17. The molecule has 0 fully saturated rings. The van der Waals surface area contributed by atoms with Crippen LogP contribution in [0.15, 0.2) is 27.9 Å². The smallest absolute Gasteiger partial charge is 0.338 e. The molecule has 0 bridgehead atoms. The molecule has 0 aliphatic rings. The minimum absolute atomic E-state index is 0.180. The predicted octanol–water partition coefficient (Wildman–Crippen LogP) is 2.65. The third-order valence-corrected chi connectivity index (χ3v) is 3.42. The second-order valence-electron chi connectivity index (χ2n) is 4.65. The summed E-state index contributed by atoms with van der Waals surface area (Å²) in [5, 5.41) is 13.4. The highest BCUT2D eigenvalue weighted by Gasteiger charge is 2.13. The first-order chi connectivity index (χ1) is 9.56. The van der Waals surface area contributed by atoms with Crippen LogP contribution in [0, 0.1) is 5.92 Å². The van der Waals surface area contributed by atoms with E-state index in [1.165, 1.54) is 17.8 Å². The van der Waals surface area contributed by atoms with Gasteiger partial charge in [0, 0.05) is 12.6 Å². The van der Waals surface area contributed by atoms with Gasteiger partial charge < -0.3 is 9.63 Å². The topological polar surface area (TPSA) is 89.1 Å². The van der Waals surface area contributed by atoms with Crippen molar-refractivity contribution in [1.29, 1.82) is 0 Å². The van der Waals surface area contributed by atoms with Crippen molar-refractivity contribution in [2.45, 2.75) is 31.0 Å². The minimum Gasteiger partial charge on any atom is -0.478 e. The van der Waals surface area contributed by atoms with Crippen molar-refractivity contribution in [2.24, 2.45) is 5.92 Å². The molecule has 7 heteroatoms. The quantitative estimate of drug-likeness (QED) is 0.819. The molecule has 6 nitrogen and oxygen atoms in total. The number of carboxylic acid groups (broad SMARTS) is 1. The van der Waals surface area contributed by atoms with Crippen LogP contribution >= 0.6 is 11.8 Å². The molecule has 2 aromatic heterocycles. The molecule has 106 valence electrons. The summed E-state index contributed by atoms with van der Waals surface area (Å²) < 4.78 is 5.13. The van der Waals surface area contributed by atoms with E-state index in [1.807, 2.05) is 0 Å². The van der Waals surface area contributed by atoms with E-state index in [0.717, 1.165) is 6.42 Å². The minimum atomic E-state index is -0.994. The second-order valence-corrected chi connectivity index (χ2v) is 5.62. The first kappa shape index (κ1) is 14.5. The van der Waals surface area contributed by atoms with Gasteiger partial charge in [0.25, 0.3) is 0 Å². The van der Waals surface area contributed by atoms with Crippen LogP contribution in [0.25, 0.3) is 0 Å². The molecule has 0 aliphatic heterocycles. The van der Waals surface area contributed by atoms with Crippen LogP contribution in [-0.2, 0) is 12.2 Å². The van der Waals surface area contributed by atoms with E-state index in [0.29, 0.717) is 28.4 Å². The summed E-state index contributed by atoms with van der Waals surface area (Å²) in [7, 11) is 0. The van der Waals surface area contributed by atoms with E-state index >= 15 is 0 Å². The maximum absolute atomic E-state index is 11.1. The van der Waals surface area contributed by atoms with Crippen molar-refractivity contribution in [3.05, 3.63) is 35.6 Å². The summed E-state index contributed by atoms with van der Waals surface area (Å²) in [4.78, 5) is 19.4. The van der Waals surface area contributed by atoms with Crippen LogP contribution in [0.4, 0.5) is 0 Å². The molecule has 0 atom stereocenters. The standard InChI is InChI=1S/C13H15N3O3S/c1-8(2)6-10-15-11(19-16-10)7-20-12-9(13(17)18)4-3-5-14-12/h3-5,8H,6-7H2,1-2H3,(H,17,18). The Bertz CT molecular complexity index is 598. The van der Waals surface area contributed by atoms with Gasteiger partial charge in [0.2, 0.25) is 5.89 Å². The van der Waals surface area contributed by atoms with Crippen LogP contribution in [0.1, 0.15) is 35.9 Å². The maximum atomic E-state index is 11.1. The summed E-state index contributed by atoms with van der Waals surface area (Å²) >= 11 is 1.27. The van der Waals surface area contributed by atoms with Crippen LogP contribution in [0.5, 0.6) is 0 Å². The number of carboxylic acids is 1. The molecule has 2 aromatic rings. The van der Waals surface area contributed by atoms with Crippen molar-refractivity contribution in [1.82, 2.24) is 15.1 Å². The van der Waals surface area contributed by atoms with Gasteiger partial charge in [-0.1, -0.05) is 30.8 Å². The molecule has 0 spiro atoms. The number of aromatic carboxylic acids is 1. The average molecular weight is 293 g/mol. The highest BCUT2D eigenvalue weighted by molar-refractivity contribution is 7.98. The Morgan fingerprint density at radius 1 is 1.50 bits per heavy atom. The van der Waals surface area contributed by atoms with Gasteiger partial charge in [-0.2, -0.15) is 4.98 Å². The van der Waals surface area contributed by atoms with Crippen molar-refractivity contribution < 1.29 is 14.4 Å². The van der Waals surface area contributed by atoms with Crippen molar-refractivity contribution in [2.75, 3.05) is 0 Å². The monoisotopic (exact) mass is 293 g/mol. The molecule has 1 N–H and O–H groups in total. The lowest BCUT2D eigenvalue weighted by atomic mass is 10.1. The zero-order chi connectivity index (χ0) is 14.5. The Hall–Kier alpha value is -1.89. The van der Waals surface area contributed by atoms with Gasteiger partial charge in [0.1, 0.15) is 5.03 Å². The molecule has 0 aliphatic carbocycles. The number of hydrogen-bond acceptors (Lipinski definition) is 6. The van der Waals surface area contributed by atoms with E-state index in [9.17, 15) is 4.79 Å². The molecule has 20 heavy (non-hydrogen) atoms. The van der Waals surface area contributed by atoms with Crippen LogP contribution < -0.4 is 0 Å². The third-order valence-electron chi connectivity index (χ3n) is 2.43. The fourth-order valence-corrected chi connectivity index (χ4v) is 2.42. The van der Waals surface area contributed by atoms with Crippen molar-refractivity contribution in [3.63, 3.8) is 0 Å². The zero-order valence-corrected chi connectivity index (χ0v) is 12.1. The maximum Gasteiger partial charge on any atom is 0.338 e. The zero-order valence-electron chi connectivity index (χ0n) is 11.2. The van der Waals surface area contributed by atoms with Gasteiger partial charge in [-0.3, -0.25) is 0 Å². The van der Waals surface area contributed by atoms with Gasteiger partial charge in [-0.15, -0.1) is 0 Å². The van der Waals surface area contributed by atoms with Crippen LogP contribution in [0.2, 0.25) is 0 Å². The van der Waals surface area contributed by atoms with Crippen LogP contribution in [-0.4, -0.2) is 26.2 Å². The lowest BCUT2D eigenvalue weighted by Crippen LogP contribution is -2.00. The molecule has 0 saturated heterocycles. The van der Waals surface area contributed by atoms with Crippen molar-refractivity contribution in [3.8, 4) is 0 Å². The Labute approximate surface area is 120 Å². The predicted molar refractivity (Wildman–Crippen MR) is 73.6 cm³/mol. The van der Waals surface area contributed by atoms with Gasteiger partial charge in [0.05, 0.1) is 11.3 Å². The van der Waals surface area contributed by atoms with Crippen molar-refractivity contribution >= 4 is 17.7 Å². The number of rotatable bonds is 6. The summed E-state index contributed by atoms with van der Waals surface area (Å²) in [5.74, 6) is 1.03. The summed E-state index contributed by atoms with van der Waals surface area (Å²) in [6.07, 6.45) is 2.32. The number of nitrogens with zero attached hydrogens (tertiary/aromatic N) is 3. The lowest BCUT2D eigenvalue weighted by molar-refractivity contribution is 0.0692. The molecule has 2 heterocycles. The SMILES string of the molecule is CC(C)Cc1noc(CSc2ncccc2C(=O)O)n1. The van der Waals surface area contributed by atoms with E-state index in [-0.39, 0.29) is 5.56 Å². The third kappa shape index (κ3) is 3.80. The number of aromatic nitrogens is 3. The van der Waals surface area contributed by atoms with Gasteiger partial charge in [0.15, 0.2) is 5.82 Å². The second kappa shape index (κ2) is 6.51. The number of hydrogen-bond donors (Lipinski definition) is 1. The van der Waals surface area contributed by atoms with Gasteiger partial charge in [-0.25, -0.2) is 9.78 Å². The van der Waals surface area contributed by atoms with Gasteiger partial charge >= 0.3 is 5.97 Å². The number of thioether (sulfide) groups is 1. The highest BCUT2D eigenvalue weighted by atomic mass is 32.2. The molecule has 0 unspecified atom stereocenters. The summed E-state index contributed by atoms with van der Waals surface area (Å²) in [6, 6.07) is 3.12. The molecular formula is C13H15N3O3S. The molecular weight excluding hydrogens is 278 g/mol. The van der Waals surface area contributed by atoms with E-state index in [4.69, 9.17) is 9.63 Å². The number of pyridine rings is 1. The summed E-state index contributed by atoms with van der Waals surface area (Å²) in [6.45, 7) is 4.16. The van der Waals surface area contributed by atoms with Crippen LogP contribution in [0.3, 0.4) is 0 Å². The Morgan fingerprint density at radius 2 is 2.30 bits per heavy atom. The fourth-order valence-electron chi connectivity index (χ4n) is 1.60. The largest absolute Gasteiger partial charge is 0.478 e. The fraction of sp³-hybridized carbons (Fsp3) is 0.385. The van der Waals surface area contributed by atoms with E-state index in [1.54, 1.807) is 12.3 Å². The Balaban J connectivity index is 2.02. The highest BCUT2D eigenvalue weighted by Crippen LogP contribution is 2.23. The first-order valence-electron chi connectivity index (χ1n) is 6.19. The Kier molecular flexibility index (Phi) is 4.73. The molecule has 0 aromatic carbocycles. The van der Waals surface area contributed by atoms with E-state index in [2.05, 4.69) is 29.0 Å². The Morgan fingerprint density at radius 3 is 3.00 bits per heavy atom. The van der Waals surface area contributed by atoms with E-state index < -0.39 is 5.97 Å². The lowest BCUT2D eigenvalue weighted by Gasteiger charge is -2.01. The molecule has 0 amide bonds. The van der Waals surface area contributed by atoms with Gasteiger partial charge in [-0.05, 0) is 18.1 Å². The molecule has 0 saturated carbocycles.